The Bertz CT molecular complexity index is 1050. The maximum atomic E-state index is 5.30. The zero-order chi connectivity index (χ0) is 16.8. The molecular formula is C17H17N7O. The fourth-order valence-corrected chi connectivity index (χ4v) is 3.20. The minimum absolute atomic E-state index is 0.351. The molecule has 1 fully saturated rings. The molecule has 0 unspecified atom stereocenters. The molecule has 1 aliphatic rings. The van der Waals surface area contributed by atoms with E-state index in [0.29, 0.717) is 18.1 Å². The van der Waals surface area contributed by atoms with Crippen molar-refractivity contribution in [3.05, 3.63) is 43.0 Å². The van der Waals surface area contributed by atoms with E-state index in [0.717, 1.165) is 35.3 Å². The van der Waals surface area contributed by atoms with Crippen LogP contribution in [0.3, 0.4) is 0 Å². The van der Waals surface area contributed by atoms with Crippen molar-refractivity contribution in [2.75, 3.05) is 12.4 Å². The number of imidazole rings is 1. The summed E-state index contributed by atoms with van der Waals surface area (Å²) in [5, 5.41) is 12.5. The van der Waals surface area contributed by atoms with Crippen molar-refractivity contribution in [2.45, 2.75) is 25.0 Å². The number of ether oxygens (including phenoxy) is 1. The third-order valence-electron chi connectivity index (χ3n) is 4.71. The molecule has 0 aliphatic heterocycles. The second-order valence-electron chi connectivity index (χ2n) is 6.26. The maximum absolute atomic E-state index is 5.30. The van der Waals surface area contributed by atoms with Gasteiger partial charge in [0.25, 0.3) is 0 Å². The summed E-state index contributed by atoms with van der Waals surface area (Å²) in [5.41, 5.74) is 3.59. The highest BCUT2D eigenvalue weighted by Crippen LogP contribution is 2.26. The Morgan fingerprint density at radius 3 is 2.88 bits per heavy atom. The molecule has 8 nitrogen and oxygen atoms in total. The summed E-state index contributed by atoms with van der Waals surface area (Å²) in [6.45, 7) is 0. The lowest BCUT2D eigenvalue weighted by Crippen LogP contribution is -2.40. The lowest BCUT2D eigenvalue weighted by atomic mass is 9.89. The van der Waals surface area contributed by atoms with E-state index in [4.69, 9.17) is 4.74 Å². The predicted molar refractivity (Wildman–Crippen MR) is 92.4 cm³/mol. The van der Waals surface area contributed by atoms with Crippen LogP contribution < -0.4 is 5.32 Å². The zero-order valence-electron chi connectivity index (χ0n) is 13.7. The van der Waals surface area contributed by atoms with Crippen LogP contribution in [-0.4, -0.2) is 48.5 Å². The van der Waals surface area contributed by atoms with Crippen LogP contribution in [0.15, 0.2) is 43.0 Å². The fourth-order valence-electron chi connectivity index (χ4n) is 3.20. The van der Waals surface area contributed by atoms with Gasteiger partial charge in [0, 0.05) is 37.3 Å². The first-order valence-electron chi connectivity index (χ1n) is 8.24. The Morgan fingerprint density at radius 2 is 2.00 bits per heavy atom. The van der Waals surface area contributed by atoms with Crippen molar-refractivity contribution >= 4 is 17.1 Å². The van der Waals surface area contributed by atoms with Gasteiger partial charge in [-0.05, 0) is 31.0 Å². The maximum Gasteiger partial charge on any atom is 0.241 e. The molecule has 0 amide bonds. The van der Waals surface area contributed by atoms with Crippen LogP contribution in [-0.2, 0) is 4.74 Å². The second-order valence-corrected chi connectivity index (χ2v) is 6.26. The summed E-state index contributed by atoms with van der Waals surface area (Å²) in [5.74, 6) is 0.632. The standard InChI is InChI=1S/C17H17N7O/c1-25-12-8-11(9-12)20-17-19-10-15-13(4-6-23(15)22-17)14-2-3-16-18-5-7-24(16)21-14/h2-7,10-12H,8-9H2,1H3,(H,20,22)/t11-,12+. The molecule has 4 heterocycles. The van der Waals surface area contributed by atoms with Crippen molar-refractivity contribution in [3.8, 4) is 11.3 Å². The summed E-state index contributed by atoms with van der Waals surface area (Å²) >= 11 is 0. The van der Waals surface area contributed by atoms with Crippen molar-refractivity contribution in [1.29, 1.82) is 0 Å². The Labute approximate surface area is 143 Å². The Balaban J connectivity index is 1.45. The van der Waals surface area contributed by atoms with E-state index in [1.54, 1.807) is 17.8 Å². The lowest BCUT2D eigenvalue weighted by Gasteiger charge is -2.34. The summed E-state index contributed by atoms with van der Waals surface area (Å²) in [6, 6.07) is 6.29. The molecule has 5 rings (SSSR count). The van der Waals surface area contributed by atoms with Gasteiger partial charge in [0.1, 0.15) is 0 Å². The van der Waals surface area contributed by atoms with Gasteiger partial charge >= 0.3 is 0 Å². The van der Waals surface area contributed by atoms with Crippen molar-refractivity contribution in [1.82, 2.24) is 29.2 Å². The molecule has 1 aliphatic carbocycles. The molecule has 1 saturated carbocycles. The quantitative estimate of drug-likeness (QED) is 0.614. The first kappa shape index (κ1) is 14.4. The van der Waals surface area contributed by atoms with Crippen molar-refractivity contribution < 1.29 is 4.74 Å². The minimum atomic E-state index is 0.351. The predicted octanol–water partition coefficient (Wildman–Crippen LogP) is 2.03. The number of methoxy groups -OCH3 is 1. The first-order chi connectivity index (χ1) is 12.3. The monoisotopic (exact) mass is 335 g/mol. The number of nitrogens with zero attached hydrogens (tertiary/aromatic N) is 6. The van der Waals surface area contributed by atoms with Gasteiger partial charge in [0.2, 0.25) is 5.95 Å². The SMILES string of the molecule is CO[C@H]1C[C@@H](Nc2ncc3c(-c4ccc5nccn5n4)ccn3n2)C1. The molecule has 4 aromatic heterocycles. The van der Waals surface area contributed by atoms with Crippen LogP contribution in [0.4, 0.5) is 5.95 Å². The lowest BCUT2D eigenvalue weighted by molar-refractivity contribution is 0.0326. The average molecular weight is 335 g/mol. The molecule has 0 spiro atoms. The molecule has 126 valence electrons. The van der Waals surface area contributed by atoms with Gasteiger partial charge in [0.05, 0.1) is 23.5 Å². The normalized spacial score (nSPS) is 20.0. The van der Waals surface area contributed by atoms with Gasteiger partial charge in [-0.2, -0.15) is 5.10 Å². The van der Waals surface area contributed by atoms with Crippen LogP contribution in [0.25, 0.3) is 22.4 Å². The molecule has 0 aromatic carbocycles. The van der Waals surface area contributed by atoms with Crippen molar-refractivity contribution in [3.63, 3.8) is 0 Å². The highest BCUT2D eigenvalue weighted by atomic mass is 16.5. The molecular weight excluding hydrogens is 318 g/mol. The number of fused-ring (bicyclic) bond motifs is 2. The van der Waals surface area contributed by atoms with Gasteiger partial charge in [0.15, 0.2) is 5.65 Å². The number of aromatic nitrogens is 6. The Kier molecular flexibility index (Phi) is 3.17. The molecule has 8 heteroatoms. The van der Waals surface area contributed by atoms with Crippen LogP contribution in [0.1, 0.15) is 12.8 Å². The highest BCUT2D eigenvalue weighted by molar-refractivity contribution is 5.78. The summed E-state index contributed by atoms with van der Waals surface area (Å²) in [6.07, 6.45) is 9.66. The van der Waals surface area contributed by atoms with Crippen molar-refractivity contribution in [2.24, 2.45) is 0 Å². The second kappa shape index (κ2) is 5.52. The number of rotatable bonds is 4. The van der Waals surface area contributed by atoms with E-state index in [1.807, 2.05) is 41.3 Å². The molecule has 0 saturated heterocycles. The van der Waals surface area contributed by atoms with E-state index < -0.39 is 0 Å². The van der Waals surface area contributed by atoms with E-state index in [2.05, 4.69) is 25.5 Å². The zero-order valence-corrected chi connectivity index (χ0v) is 13.7. The van der Waals surface area contributed by atoms with Gasteiger partial charge < -0.3 is 10.1 Å². The van der Waals surface area contributed by atoms with Gasteiger partial charge in [-0.25, -0.2) is 19.0 Å². The third kappa shape index (κ3) is 2.42. The highest BCUT2D eigenvalue weighted by Gasteiger charge is 2.29. The number of hydrogen-bond acceptors (Lipinski definition) is 6. The Hall–Kier alpha value is -3.00. The van der Waals surface area contributed by atoms with E-state index >= 15 is 0 Å². The van der Waals surface area contributed by atoms with Gasteiger partial charge in [-0.15, -0.1) is 5.10 Å². The van der Waals surface area contributed by atoms with Crippen LogP contribution in [0, 0.1) is 0 Å². The topological polar surface area (TPSA) is 81.6 Å². The van der Waals surface area contributed by atoms with E-state index in [-0.39, 0.29) is 0 Å². The van der Waals surface area contributed by atoms with E-state index in [9.17, 15) is 0 Å². The molecule has 4 aromatic rings. The van der Waals surface area contributed by atoms with E-state index in [1.165, 1.54) is 0 Å². The summed E-state index contributed by atoms with van der Waals surface area (Å²) in [4.78, 5) is 8.68. The average Bonchev–Trinajstić information content (AvgIpc) is 3.23. The molecule has 0 bridgehead atoms. The fraction of sp³-hybridized carbons (Fsp3) is 0.294. The van der Waals surface area contributed by atoms with Gasteiger partial charge in [-0.1, -0.05) is 0 Å². The van der Waals surface area contributed by atoms with Crippen LogP contribution >= 0.6 is 0 Å². The number of anilines is 1. The third-order valence-corrected chi connectivity index (χ3v) is 4.71. The summed E-state index contributed by atoms with van der Waals surface area (Å²) in [7, 11) is 1.75. The Morgan fingerprint density at radius 1 is 1.08 bits per heavy atom. The smallest absolute Gasteiger partial charge is 0.241 e. The van der Waals surface area contributed by atoms with Crippen LogP contribution in [0.2, 0.25) is 0 Å². The summed E-state index contributed by atoms with van der Waals surface area (Å²) < 4.78 is 8.89. The first-order valence-corrected chi connectivity index (χ1v) is 8.24. The number of hydrogen-bond donors (Lipinski definition) is 1. The minimum Gasteiger partial charge on any atom is -0.381 e. The largest absolute Gasteiger partial charge is 0.381 e. The molecule has 0 radical (unpaired) electrons. The molecule has 0 atom stereocenters. The van der Waals surface area contributed by atoms with Crippen LogP contribution in [0.5, 0.6) is 0 Å². The van der Waals surface area contributed by atoms with Gasteiger partial charge in [-0.3, -0.25) is 0 Å². The molecule has 25 heavy (non-hydrogen) atoms. The number of nitrogens with one attached hydrogen (secondary N) is 1. The molecule has 1 N–H and O–H groups in total.